The second-order valence-corrected chi connectivity index (χ2v) is 16.6. The van der Waals surface area contributed by atoms with Crippen molar-refractivity contribution in [2.75, 3.05) is 23.9 Å². The number of fused-ring (bicyclic) bond motifs is 1. The maximum absolute atomic E-state index is 13.7. The Bertz CT molecular complexity index is 2110. The van der Waals surface area contributed by atoms with Gasteiger partial charge in [0.25, 0.3) is 10.0 Å². The van der Waals surface area contributed by atoms with E-state index >= 15 is 0 Å². The molecule has 290 valence electrons. The summed E-state index contributed by atoms with van der Waals surface area (Å²) in [7, 11) is -3.64. The number of nitrogens with one attached hydrogen (secondary N) is 1. The van der Waals surface area contributed by atoms with Crippen LogP contribution in [0.2, 0.25) is 0 Å². The first-order valence-electron chi connectivity index (χ1n) is 16.3. The summed E-state index contributed by atoms with van der Waals surface area (Å²) >= 11 is 2.97. The van der Waals surface area contributed by atoms with E-state index in [0.29, 0.717) is 28.3 Å². The lowest BCUT2D eigenvalue weighted by atomic mass is 9.94. The molecule has 3 N–H and O–H groups in total. The molecule has 0 bridgehead atoms. The summed E-state index contributed by atoms with van der Waals surface area (Å²) in [6.45, 7) is 3.47. The number of hydrogen-bond acceptors (Lipinski definition) is 9. The number of likely N-dealkylation sites (tertiary alicyclic amines) is 1. The molecule has 1 saturated heterocycles. The van der Waals surface area contributed by atoms with Gasteiger partial charge < -0.3 is 15.2 Å². The van der Waals surface area contributed by atoms with Gasteiger partial charge in [-0.3, -0.25) is 14.2 Å². The fourth-order valence-electron chi connectivity index (χ4n) is 5.63. The van der Waals surface area contributed by atoms with E-state index in [4.69, 9.17) is 24.8 Å². The predicted octanol–water partition coefficient (Wildman–Crippen LogP) is 8.00. The summed E-state index contributed by atoms with van der Waals surface area (Å²) in [6, 6.07) is 17.7. The van der Waals surface area contributed by atoms with Gasteiger partial charge in [0.05, 0.1) is 16.9 Å². The number of pyridine rings is 1. The van der Waals surface area contributed by atoms with Crippen LogP contribution in [0.25, 0.3) is 21.6 Å². The normalized spacial score (nSPS) is 16.5. The van der Waals surface area contributed by atoms with Crippen LogP contribution in [0.5, 0.6) is 0 Å². The number of alkyl halides is 6. The summed E-state index contributed by atoms with van der Waals surface area (Å²) in [6.07, 6.45) is -1.80. The first kappa shape index (κ1) is 40.7. The minimum Gasteiger partial charge on any atom is -0.475 e. The summed E-state index contributed by atoms with van der Waals surface area (Å²) in [5, 5.41) is 18.0. The molecule has 1 atom stereocenters. The molecule has 11 nitrogen and oxygen atoms in total. The third kappa shape index (κ3) is 10.6. The number of carboxylic acid groups (broad SMARTS) is 2. The van der Waals surface area contributed by atoms with Gasteiger partial charge in [0.2, 0.25) is 0 Å². The molecule has 0 amide bonds. The molecule has 5 aromatic rings. The maximum Gasteiger partial charge on any atom is 0.490 e. The summed E-state index contributed by atoms with van der Waals surface area (Å²) < 4.78 is 92.8. The molecule has 7 rings (SSSR count). The molecule has 54 heavy (non-hydrogen) atoms. The van der Waals surface area contributed by atoms with Crippen LogP contribution in [0.4, 0.5) is 32.0 Å². The molecule has 2 aliphatic rings. The van der Waals surface area contributed by atoms with Crippen molar-refractivity contribution in [1.29, 1.82) is 0 Å². The Kier molecular flexibility index (Phi) is 12.7. The topological polar surface area (TPSA) is 157 Å². The number of rotatable bonds is 9. The predicted molar refractivity (Wildman–Crippen MR) is 190 cm³/mol. The minimum absolute atomic E-state index is 0.379. The number of aromatic nitrogens is 3. The number of benzene rings is 1. The van der Waals surface area contributed by atoms with Crippen molar-refractivity contribution in [3.8, 4) is 10.7 Å². The van der Waals surface area contributed by atoms with Crippen LogP contribution in [0.15, 0.2) is 76.6 Å². The molecular formula is C34H33F6N5O6S3. The van der Waals surface area contributed by atoms with E-state index in [-0.39, 0.29) is 0 Å². The number of aromatic amines is 1. The highest BCUT2D eigenvalue weighted by Gasteiger charge is 2.39. The Morgan fingerprint density at radius 3 is 2.24 bits per heavy atom. The standard InChI is InChI=1S/C30H31N5O2S3.2C2HF3O2/c36-40(37,28-10-5-15-38-28)35(18-21-11-12-21)27-9-3-6-22-16-26(33-29(22)27)30-32-17-24(39-30)20-34-14-4-7-23(19-34)25-8-1-2-13-31-25;2*3-2(4,5)1(6)7/h1-3,5-6,8-10,13,15-17,21,23,33H,4,7,11-12,14,18-20H2;2*(H,6,7). The van der Waals surface area contributed by atoms with Crippen molar-refractivity contribution in [2.45, 2.75) is 54.7 Å². The van der Waals surface area contributed by atoms with Gasteiger partial charge in [-0.1, -0.05) is 24.3 Å². The van der Waals surface area contributed by atoms with Gasteiger partial charge in [0.15, 0.2) is 0 Å². The van der Waals surface area contributed by atoms with Crippen LogP contribution < -0.4 is 4.31 Å². The second-order valence-electron chi connectivity index (χ2n) is 12.4. The molecule has 0 spiro atoms. The number of carboxylic acids is 2. The lowest BCUT2D eigenvalue weighted by Crippen LogP contribution is -2.33. The average Bonchev–Trinajstić information content (AvgIpc) is 3.47. The Morgan fingerprint density at radius 2 is 1.65 bits per heavy atom. The fraction of sp³-hybridized carbons (Fsp3) is 0.353. The highest BCUT2D eigenvalue weighted by Crippen LogP contribution is 2.39. The third-order valence-corrected chi connectivity index (χ3v) is 12.5. The van der Waals surface area contributed by atoms with Crippen LogP contribution in [0.1, 0.15) is 42.2 Å². The molecule has 4 aromatic heterocycles. The fourth-order valence-corrected chi connectivity index (χ4v) is 9.21. The van der Waals surface area contributed by atoms with E-state index in [1.54, 1.807) is 27.8 Å². The number of thiophene rings is 1. The van der Waals surface area contributed by atoms with Crippen molar-refractivity contribution in [3.63, 3.8) is 0 Å². The van der Waals surface area contributed by atoms with E-state index in [9.17, 15) is 34.8 Å². The van der Waals surface area contributed by atoms with E-state index in [2.05, 4.69) is 33.1 Å². The average molecular weight is 818 g/mol. The lowest BCUT2D eigenvalue weighted by molar-refractivity contribution is -0.193. The second kappa shape index (κ2) is 16.9. The molecule has 1 aliphatic carbocycles. The number of para-hydroxylation sites is 1. The maximum atomic E-state index is 13.7. The smallest absolute Gasteiger partial charge is 0.475 e. The number of H-pyrrole nitrogens is 1. The van der Waals surface area contributed by atoms with Crippen molar-refractivity contribution in [1.82, 2.24) is 19.9 Å². The van der Waals surface area contributed by atoms with Gasteiger partial charge in [-0.15, -0.1) is 22.7 Å². The highest BCUT2D eigenvalue weighted by molar-refractivity contribution is 7.94. The van der Waals surface area contributed by atoms with Crippen molar-refractivity contribution in [2.24, 2.45) is 5.92 Å². The number of aliphatic carboxylic acids is 2. The Balaban J connectivity index is 0.000000342. The van der Waals surface area contributed by atoms with Crippen LogP contribution in [-0.2, 0) is 26.2 Å². The molecular weight excluding hydrogens is 785 g/mol. The number of piperidine rings is 1. The van der Waals surface area contributed by atoms with E-state index in [1.165, 1.54) is 34.7 Å². The molecule has 0 radical (unpaired) electrons. The van der Waals surface area contributed by atoms with E-state index < -0.39 is 34.3 Å². The zero-order valence-corrected chi connectivity index (χ0v) is 30.5. The highest BCUT2D eigenvalue weighted by atomic mass is 32.2. The zero-order valence-electron chi connectivity index (χ0n) is 28.0. The molecule has 20 heteroatoms. The first-order chi connectivity index (χ1) is 25.4. The monoisotopic (exact) mass is 817 g/mol. The Morgan fingerprint density at radius 1 is 0.944 bits per heavy atom. The number of thiazole rings is 1. The van der Waals surface area contributed by atoms with Crippen LogP contribution in [-0.4, -0.2) is 82.4 Å². The molecule has 5 heterocycles. The van der Waals surface area contributed by atoms with Crippen LogP contribution >= 0.6 is 22.7 Å². The van der Waals surface area contributed by atoms with Crippen molar-refractivity contribution < 1.29 is 54.6 Å². The molecule has 1 unspecified atom stereocenters. The van der Waals surface area contributed by atoms with Gasteiger partial charge in [0.1, 0.15) is 9.22 Å². The van der Waals surface area contributed by atoms with Crippen molar-refractivity contribution in [3.05, 3.63) is 82.9 Å². The number of halogens is 6. The van der Waals surface area contributed by atoms with Gasteiger partial charge in [-0.25, -0.2) is 23.0 Å². The molecule has 1 saturated carbocycles. The summed E-state index contributed by atoms with van der Waals surface area (Å²) in [4.78, 5) is 34.4. The quantitative estimate of drug-likeness (QED) is 0.126. The van der Waals surface area contributed by atoms with Gasteiger partial charge in [0, 0.05) is 53.9 Å². The SMILES string of the molecule is O=C(O)C(F)(F)F.O=C(O)C(F)(F)F.O=S(=O)(c1cccs1)N(CC1CC1)c1cccc2cc(-c3ncc(CN4CCCC(c5ccccn5)C4)s3)[nH]c12. The first-order valence-corrected chi connectivity index (χ1v) is 19.4. The van der Waals surface area contributed by atoms with Crippen LogP contribution in [0, 0.1) is 5.92 Å². The number of sulfonamides is 1. The summed E-state index contributed by atoms with van der Waals surface area (Å²) in [5.41, 5.74) is 3.64. The Labute approximate surface area is 313 Å². The molecule has 1 aliphatic heterocycles. The number of anilines is 1. The van der Waals surface area contributed by atoms with E-state index in [1.807, 2.05) is 42.0 Å². The lowest BCUT2D eigenvalue weighted by Gasteiger charge is -2.32. The van der Waals surface area contributed by atoms with Crippen LogP contribution in [0.3, 0.4) is 0 Å². The molecule has 1 aromatic carbocycles. The number of hydrogen-bond donors (Lipinski definition) is 3. The number of carbonyl (C=O) groups is 2. The largest absolute Gasteiger partial charge is 0.490 e. The van der Waals surface area contributed by atoms with Gasteiger partial charge in [-0.2, -0.15) is 26.3 Å². The molecule has 2 fully saturated rings. The third-order valence-electron chi connectivity index (χ3n) is 8.32. The van der Waals surface area contributed by atoms with Crippen molar-refractivity contribution >= 4 is 61.2 Å². The van der Waals surface area contributed by atoms with Gasteiger partial charge >= 0.3 is 24.3 Å². The van der Waals surface area contributed by atoms with Gasteiger partial charge in [-0.05, 0) is 73.9 Å². The summed E-state index contributed by atoms with van der Waals surface area (Å²) in [5.74, 6) is -4.63. The minimum atomic E-state index is -5.08. The zero-order chi connectivity index (χ0) is 39.3. The number of nitrogens with zero attached hydrogens (tertiary/aromatic N) is 4. The van der Waals surface area contributed by atoms with E-state index in [0.717, 1.165) is 54.1 Å². The Hall–Kier alpha value is -4.53.